The number of nitrogens with zero attached hydrogens (tertiary/aromatic N) is 2. The molecule has 8 aromatic carbocycles. The van der Waals surface area contributed by atoms with Crippen LogP contribution in [0, 0.1) is 20.2 Å². The molecule has 0 unspecified atom stereocenters. The van der Waals surface area contributed by atoms with Crippen molar-refractivity contribution in [2.24, 2.45) is 0 Å². The number of nitro benzene ring substituents is 2. The Morgan fingerprint density at radius 3 is 1.25 bits per heavy atom. The van der Waals surface area contributed by atoms with Gasteiger partial charge in [0.25, 0.3) is 11.4 Å². The highest BCUT2D eigenvalue weighted by atomic mass is 16.7. The number of carbonyl (C=O) groups excluding carboxylic acids is 1. The lowest BCUT2D eigenvalue weighted by Gasteiger charge is -2.14. The summed E-state index contributed by atoms with van der Waals surface area (Å²) in [6.45, 7) is 0. The van der Waals surface area contributed by atoms with Gasteiger partial charge in [-0.3, -0.25) is 20.2 Å². The van der Waals surface area contributed by atoms with Crippen molar-refractivity contribution < 1.29 is 32.9 Å². The summed E-state index contributed by atoms with van der Waals surface area (Å²) in [7, 11) is 0. The van der Waals surface area contributed by atoms with Crippen LogP contribution in [0.2, 0.25) is 0 Å². The first-order valence-electron chi connectivity index (χ1n) is 17.4. The molecule has 10 aromatic rings. The van der Waals surface area contributed by atoms with Gasteiger partial charge >= 0.3 is 6.16 Å². The molecule has 0 radical (unpaired) electrons. The van der Waals surface area contributed by atoms with Crippen LogP contribution in [0.1, 0.15) is 0 Å². The molecule has 0 N–H and O–H groups in total. The van der Waals surface area contributed by atoms with Gasteiger partial charge in [-0.25, -0.2) is 4.79 Å². The summed E-state index contributed by atoms with van der Waals surface area (Å²) in [4.78, 5) is 36.4. The summed E-state index contributed by atoms with van der Waals surface area (Å²) in [5, 5.41) is 35.2. The minimum Gasteiger partial charge on any atom is -0.471 e. The summed E-state index contributed by atoms with van der Waals surface area (Å²) in [6, 6.07) is 35.0. The number of hydrogen-bond donors (Lipinski definition) is 0. The lowest BCUT2D eigenvalue weighted by molar-refractivity contribution is -0.385. The summed E-state index contributed by atoms with van der Waals surface area (Å²) >= 11 is 0. The summed E-state index contributed by atoms with van der Waals surface area (Å²) in [6.07, 6.45) is 5.62. The molecule has 11 heteroatoms. The molecule has 0 fully saturated rings. The first-order valence-corrected chi connectivity index (χ1v) is 17.4. The van der Waals surface area contributed by atoms with E-state index in [1.54, 1.807) is 37.2 Å². The Bertz CT molecular complexity index is 3090. The van der Waals surface area contributed by atoms with Gasteiger partial charge in [0.1, 0.15) is 11.5 Å². The van der Waals surface area contributed by atoms with Crippen LogP contribution in [0.3, 0.4) is 0 Å². The zero-order chi connectivity index (χ0) is 38.1. The van der Waals surface area contributed by atoms with Crippen molar-refractivity contribution >= 4 is 82.2 Å². The van der Waals surface area contributed by atoms with E-state index in [9.17, 15) is 25.0 Å². The summed E-state index contributed by atoms with van der Waals surface area (Å²) in [5.41, 5.74) is 1.31. The van der Waals surface area contributed by atoms with E-state index in [1.807, 2.05) is 72.8 Å². The first-order chi connectivity index (χ1) is 27.3. The maximum Gasteiger partial charge on any atom is 0.519 e. The molecule has 56 heavy (non-hydrogen) atoms. The molecular weight excluding hydrogens is 712 g/mol. The smallest absolute Gasteiger partial charge is 0.471 e. The monoisotopic (exact) mass is 736 g/mol. The Morgan fingerprint density at radius 1 is 0.429 bits per heavy atom. The number of fused-ring (bicyclic) bond motifs is 10. The van der Waals surface area contributed by atoms with E-state index >= 15 is 0 Å². The maximum atomic E-state index is 13.6. The first kappa shape index (κ1) is 32.6. The Balaban J connectivity index is 1.04. The van der Waals surface area contributed by atoms with Gasteiger partial charge < -0.3 is 18.3 Å². The number of non-ortho nitro benzene ring substituents is 2. The topological polar surface area (TPSA) is 148 Å². The predicted octanol–water partition coefficient (Wildman–Crippen LogP) is 12.5. The lowest BCUT2D eigenvalue weighted by Crippen LogP contribution is -2.15. The molecule has 0 aliphatic rings. The number of carbonyl (C=O) groups is 1. The molecule has 11 nitrogen and oxygen atoms in total. The molecular formula is C45H24N2O9. The number of furan rings is 2. The van der Waals surface area contributed by atoms with Crippen molar-refractivity contribution in [3.63, 3.8) is 0 Å². The van der Waals surface area contributed by atoms with Crippen molar-refractivity contribution in [2.75, 3.05) is 0 Å². The molecule has 2 aromatic heterocycles. The second-order valence-electron chi connectivity index (χ2n) is 13.4. The molecule has 0 saturated heterocycles. The van der Waals surface area contributed by atoms with E-state index in [0.717, 1.165) is 64.6 Å². The summed E-state index contributed by atoms with van der Waals surface area (Å²) < 4.78 is 22.4. The highest BCUT2D eigenvalue weighted by Crippen LogP contribution is 2.41. The fraction of sp³-hybridized carbons (Fsp3) is 0. The summed E-state index contributed by atoms with van der Waals surface area (Å²) in [5.74, 6) is 0.0345. The van der Waals surface area contributed by atoms with Crippen LogP contribution in [0.5, 0.6) is 11.5 Å². The maximum absolute atomic E-state index is 13.6. The van der Waals surface area contributed by atoms with Crippen LogP contribution in [0.15, 0.2) is 155 Å². The molecule has 0 aliphatic carbocycles. The molecule has 0 saturated carbocycles. The molecule has 10 rings (SSSR count). The second-order valence-corrected chi connectivity index (χ2v) is 13.4. The van der Waals surface area contributed by atoms with Crippen LogP contribution in [-0.4, -0.2) is 16.0 Å². The van der Waals surface area contributed by atoms with Crippen molar-refractivity contribution in [2.45, 2.75) is 0 Å². The number of ether oxygens (including phenoxy) is 2. The van der Waals surface area contributed by atoms with Gasteiger partial charge in [0.15, 0.2) is 0 Å². The molecule has 2 heterocycles. The zero-order valence-electron chi connectivity index (χ0n) is 28.9. The zero-order valence-corrected chi connectivity index (χ0v) is 28.9. The number of nitro groups is 2. The van der Waals surface area contributed by atoms with Gasteiger partial charge in [-0.05, 0) is 78.5 Å². The van der Waals surface area contributed by atoms with Gasteiger partial charge in [0.2, 0.25) is 0 Å². The average Bonchev–Trinajstić information content (AvgIpc) is 3.91. The Morgan fingerprint density at radius 2 is 0.821 bits per heavy atom. The van der Waals surface area contributed by atoms with Gasteiger partial charge in [-0.1, -0.05) is 72.8 Å². The normalized spacial score (nSPS) is 11.6. The van der Waals surface area contributed by atoms with Crippen molar-refractivity contribution in [3.05, 3.63) is 167 Å². The van der Waals surface area contributed by atoms with E-state index in [-0.39, 0.29) is 34.0 Å². The van der Waals surface area contributed by atoms with E-state index < -0.39 is 16.0 Å². The van der Waals surface area contributed by atoms with E-state index in [0.29, 0.717) is 11.1 Å². The standard InChI is InChI=1S/C45H24N2O9/c48-45(55-43-15-9-31(46(49)50)19-39(43)27-3-1-25-5-11-35-33(37(25)17-27)13-7-29-21-53-23-41(29)35)56-44-16-10-32(47(51)52)20-40(44)28-4-2-26-6-12-36-34(38(26)18-28)14-8-30-22-54-24-42(30)36/h1-24H. The molecule has 0 spiro atoms. The minimum absolute atomic E-state index is 0.0172. The van der Waals surface area contributed by atoms with Gasteiger partial charge in [0, 0.05) is 56.9 Å². The van der Waals surface area contributed by atoms with Crippen molar-refractivity contribution in [1.82, 2.24) is 0 Å². The van der Waals surface area contributed by atoms with Crippen LogP contribution in [0.4, 0.5) is 16.2 Å². The molecule has 0 amide bonds. The third-order valence-electron chi connectivity index (χ3n) is 10.3. The largest absolute Gasteiger partial charge is 0.519 e. The molecule has 0 bridgehead atoms. The van der Waals surface area contributed by atoms with Gasteiger partial charge in [-0.15, -0.1) is 0 Å². The van der Waals surface area contributed by atoms with Crippen molar-refractivity contribution in [3.8, 4) is 33.8 Å². The third-order valence-corrected chi connectivity index (χ3v) is 10.3. The quantitative estimate of drug-likeness (QED) is 0.0534. The van der Waals surface area contributed by atoms with Crippen LogP contribution < -0.4 is 9.47 Å². The van der Waals surface area contributed by atoms with Crippen LogP contribution >= 0.6 is 0 Å². The lowest BCUT2D eigenvalue weighted by atomic mass is 9.95. The molecule has 0 atom stereocenters. The Hall–Kier alpha value is -8.05. The fourth-order valence-corrected chi connectivity index (χ4v) is 7.60. The Labute approximate surface area is 314 Å². The van der Waals surface area contributed by atoms with Crippen LogP contribution in [-0.2, 0) is 0 Å². The van der Waals surface area contributed by atoms with Gasteiger partial charge in [-0.2, -0.15) is 0 Å². The van der Waals surface area contributed by atoms with Crippen molar-refractivity contribution in [1.29, 1.82) is 0 Å². The third kappa shape index (κ3) is 5.33. The number of benzene rings is 8. The highest BCUT2D eigenvalue weighted by molar-refractivity contribution is 6.19. The SMILES string of the molecule is O=C(Oc1ccc([N+](=O)[O-])cc1-c1ccc2ccc3c4cocc4ccc3c2c1)Oc1ccc([N+](=O)[O-])cc1-c1ccc2ccc3c4cocc4ccc3c2c1. The second kappa shape index (κ2) is 12.5. The highest BCUT2D eigenvalue weighted by Gasteiger charge is 2.22. The van der Waals surface area contributed by atoms with E-state index in [1.165, 1.54) is 36.4 Å². The number of rotatable bonds is 6. The molecule has 0 aliphatic heterocycles. The van der Waals surface area contributed by atoms with E-state index in [2.05, 4.69) is 0 Å². The molecule has 268 valence electrons. The minimum atomic E-state index is -1.14. The van der Waals surface area contributed by atoms with Gasteiger partial charge in [0.05, 0.1) is 34.9 Å². The Kier molecular flexibility index (Phi) is 7.29. The fourth-order valence-electron chi connectivity index (χ4n) is 7.60. The average molecular weight is 737 g/mol. The predicted molar refractivity (Wildman–Crippen MR) is 213 cm³/mol. The number of hydrogen-bond acceptors (Lipinski definition) is 9. The van der Waals surface area contributed by atoms with E-state index in [4.69, 9.17) is 18.3 Å². The van der Waals surface area contributed by atoms with Crippen LogP contribution in [0.25, 0.3) is 86.9 Å².